The van der Waals surface area contributed by atoms with Crippen LogP contribution >= 0.6 is 11.6 Å². The lowest BCUT2D eigenvalue weighted by Gasteiger charge is -2.13. The van der Waals surface area contributed by atoms with Crippen molar-refractivity contribution >= 4 is 11.6 Å². The van der Waals surface area contributed by atoms with Gasteiger partial charge in [-0.2, -0.15) is 0 Å². The van der Waals surface area contributed by atoms with Crippen molar-refractivity contribution in [1.29, 1.82) is 0 Å². The van der Waals surface area contributed by atoms with Crippen molar-refractivity contribution < 1.29 is 13.2 Å². The summed E-state index contributed by atoms with van der Waals surface area (Å²) < 4.78 is 39.6. The Balaban J connectivity index is 2.22. The average molecular weight is 286 g/mol. The lowest BCUT2D eigenvalue weighted by atomic mass is 9.99. The maximum absolute atomic E-state index is 13.5. The fourth-order valence-corrected chi connectivity index (χ4v) is 2.03. The Kier molecular flexibility index (Phi) is 4.12. The molecule has 2 N–H and O–H groups in total. The van der Waals surface area contributed by atoms with Crippen LogP contribution in [-0.4, -0.2) is 0 Å². The van der Waals surface area contributed by atoms with Crippen molar-refractivity contribution in [3.05, 3.63) is 70.0 Å². The molecule has 1 nitrogen and oxygen atoms in total. The molecule has 1 unspecified atom stereocenters. The fraction of sp³-hybridized carbons (Fsp3) is 0.143. The molecule has 0 radical (unpaired) electrons. The highest BCUT2D eigenvalue weighted by Crippen LogP contribution is 2.23. The van der Waals surface area contributed by atoms with Crippen LogP contribution in [0.5, 0.6) is 0 Å². The van der Waals surface area contributed by atoms with Gasteiger partial charge in [-0.25, -0.2) is 13.2 Å². The highest BCUT2D eigenvalue weighted by atomic mass is 35.5. The largest absolute Gasteiger partial charge is 0.324 e. The Hall–Kier alpha value is -1.52. The SMILES string of the molecule is NC(Cc1ccc(F)c(Cl)c1)c1cc(F)ccc1F. The second-order valence-electron chi connectivity index (χ2n) is 4.22. The summed E-state index contributed by atoms with van der Waals surface area (Å²) in [6.07, 6.45) is 0.236. The molecule has 0 spiro atoms. The molecule has 0 fully saturated rings. The van der Waals surface area contributed by atoms with Crippen molar-refractivity contribution in [2.45, 2.75) is 12.5 Å². The summed E-state index contributed by atoms with van der Waals surface area (Å²) in [5.74, 6) is -1.65. The minimum atomic E-state index is -0.725. The van der Waals surface area contributed by atoms with Crippen LogP contribution in [0.4, 0.5) is 13.2 Å². The molecule has 1 atom stereocenters. The van der Waals surface area contributed by atoms with Gasteiger partial charge in [-0.05, 0) is 42.3 Å². The zero-order valence-electron chi connectivity index (χ0n) is 9.84. The van der Waals surface area contributed by atoms with Crippen LogP contribution in [0, 0.1) is 17.5 Å². The van der Waals surface area contributed by atoms with Crippen molar-refractivity contribution in [1.82, 2.24) is 0 Å². The van der Waals surface area contributed by atoms with Crippen molar-refractivity contribution in [3.8, 4) is 0 Å². The molecule has 100 valence electrons. The van der Waals surface area contributed by atoms with Gasteiger partial charge in [0, 0.05) is 11.6 Å². The third-order valence-electron chi connectivity index (χ3n) is 2.80. The van der Waals surface area contributed by atoms with Gasteiger partial charge >= 0.3 is 0 Å². The van der Waals surface area contributed by atoms with Gasteiger partial charge in [0.15, 0.2) is 0 Å². The minimum Gasteiger partial charge on any atom is -0.324 e. The first-order valence-electron chi connectivity index (χ1n) is 5.62. The minimum absolute atomic E-state index is 0.0237. The molecular weight excluding hydrogens is 275 g/mol. The molecule has 5 heteroatoms. The second-order valence-corrected chi connectivity index (χ2v) is 4.63. The second kappa shape index (κ2) is 5.63. The molecule has 2 rings (SSSR count). The summed E-state index contributed by atoms with van der Waals surface area (Å²) in [6, 6.07) is 6.55. The number of hydrogen-bond donors (Lipinski definition) is 1. The van der Waals surface area contributed by atoms with E-state index in [1.54, 1.807) is 0 Å². The molecule has 0 heterocycles. The lowest BCUT2D eigenvalue weighted by molar-refractivity contribution is 0.560. The molecule has 0 bridgehead atoms. The third-order valence-corrected chi connectivity index (χ3v) is 3.09. The summed E-state index contributed by atoms with van der Waals surface area (Å²) in [5.41, 5.74) is 6.58. The fourth-order valence-electron chi connectivity index (χ4n) is 1.83. The van der Waals surface area contributed by atoms with Gasteiger partial charge in [-0.15, -0.1) is 0 Å². The van der Waals surface area contributed by atoms with E-state index < -0.39 is 23.5 Å². The lowest BCUT2D eigenvalue weighted by Crippen LogP contribution is -2.15. The van der Waals surface area contributed by atoms with E-state index in [0.717, 1.165) is 18.2 Å². The van der Waals surface area contributed by atoms with Crippen molar-refractivity contribution in [2.75, 3.05) is 0 Å². The zero-order valence-corrected chi connectivity index (χ0v) is 10.6. The average Bonchev–Trinajstić information content (AvgIpc) is 2.36. The van der Waals surface area contributed by atoms with E-state index in [1.165, 1.54) is 18.2 Å². The smallest absolute Gasteiger partial charge is 0.141 e. The van der Waals surface area contributed by atoms with Gasteiger partial charge in [-0.3, -0.25) is 0 Å². The first-order chi connectivity index (χ1) is 8.97. The van der Waals surface area contributed by atoms with E-state index in [1.807, 2.05) is 0 Å². The Morgan fingerprint density at radius 1 is 1.00 bits per heavy atom. The van der Waals surface area contributed by atoms with Gasteiger partial charge in [0.2, 0.25) is 0 Å². The van der Waals surface area contributed by atoms with Crippen molar-refractivity contribution in [2.24, 2.45) is 5.73 Å². The molecule has 0 aliphatic heterocycles. The standard InChI is InChI=1S/C14H11ClF3N/c15-11-5-8(1-3-13(11)18)6-14(19)10-7-9(16)2-4-12(10)17/h1-5,7,14H,6,19H2. The summed E-state index contributed by atoms with van der Waals surface area (Å²) in [6.45, 7) is 0. The van der Waals surface area contributed by atoms with E-state index in [2.05, 4.69) is 0 Å². The first-order valence-corrected chi connectivity index (χ1v) is 5.99. The van der Waals surface area contributed by atoms with E-state index >= 15 is 0 Å². The third kappa shape index (κ3) is 3.28. The first kappa shape index (κ1) is 13.9. The highest BCUT2D eigenvalue weighted by Gasteiger charge is 2.14. The van der Waals surface area contributed by atoms with Crippen molar-refractivity contribution in [3.63, 3.8) is 0 Å². The van der Waals surface area contributed by atoms with Crippen LogP contribution in [0.25, 0.3) is 0 Å². The molecule has 2 aromatic carbocycles. The quantitative estimate of drug-likeness (QED) is 0.906. The van der Waals surface area contributed by atoms with Gasteiger partial charge in [0.05, 0.1) is 5.02 Å². The number of halogens is 4. The molecule has 0 amide bonds. The molecule has 0 aliphatic carbocycles. The molecular formula is C14H11ClF3N. The van der Waals surface area contributed by atoms with E-state index in [4.69, 9.17) is 17.3 Å². The topological polar surface area (TPSA) is 26.0 Å². The number of benzene rings is 2. The molecule has 19 heavy (non-hydrogen) atoms. The van der Waals surface area contributed by atoms with Crippen LogP contribution < -0.4 is 5.73 Å². The molecule has 0 saturated heterocycles. The van der Waals surface area contributed by atoms with Crippen LogP contribution in [0.15, 0.2) is 36.4 Å². The predicted octanol–water partition coefficient (Wildman–Crippen LogP) is 4.00. The maximum Gasteiger partial charge on any atom is 0.141 e. The summed E-state index contributed by atoms with van der Waals surface area (Å²) >= 11 is 5.65. The summed E-state index contributed by atoms with van der Waals surface area (Å²) in [7, 11) is 0. The Morgan fingerprint density at radius 2 is 1.68 bits per heavy atom. The predicted molar refractivity (Wildman–Crippen MR) is 68.4 cm³/mol. The van der Waals surface area contributed by atoms with E-state index in [0.29, 0.717) is 5.56 Å². The maximum atomic E-state index is 13.5. The molecule has 0 aromatic heterocycles. The molecule has 0 saturated carbocycles. The number of hydrogen-bond acceptors (Lipinski definition) is 1. The van der Waals surface area contributed by atoms with Crippen LogP contribution in [0.2, 0.25) is 5.02 Å². The van der Waals surface area contributed by atoms with E-state index in [9.17, 15) is 13.2 Å². The highest BCUT2D eigenvalue weighted by molar-refractivity contribution is 6.30. The molecule has 2 aromatic rings. The number of rotatable bonds is 3. The van der Waals surface area contributed by atoms with Gasteiger partial charge < -0.3 is 5.73 Å². The monoisotopic (exact) mass is 285 g/mol. The van der Waals surface area contributed by atoms with E-state index in [-0.39, 0.29) is 17.0 Å². The van der Waals surface area contributed by atoms with Gasteiger partial charge in [-0.1, -0.05) is 17.7 Å². The Labute approximate surface area is 113 Å². The summed E-state index contributed by atoms with van der Waals surface area (Å²) in [5, 5.41) is -0.0237. The Bertz CT molecular complexity index is 601. The normalized spacial score (nSPS) is 12.5. The Morgan fingerprint density at radius 3 is 2.37 bits per heavy atom. The summed E-state index contributed by atoms with van der Waals surface area (Å²) in [4.78, 5) is 0. The van der Waals surface area contributed by atoms with Crippen LogP contribution in [-0.2, 0) is 6.42 Å². The zero-order chi connectivity index (χ0) is 14.0. The number of nitrogens with two attached hydrogens (primary N) is 1. The van der Waals surface area contributed by atoms with Gasteiger partial charge in [0.1, 0.15) is 17.5 Å². The van der Waals surface area contributed by atoms with Crippen LogP contribution in [0.3, 0.4) is 0 Å². The van der Waals surface area contributed by atoms with Crippen LogP contribution in [0.1, 0.15) is 17.2 Å². The van der Waals surface area contributed by atoms with Gasteiger partial charge in [0.25, 0.3) is 0 Å². The molecule has 0 aliphatic rings.